The van der Waals surface area contributed by atoms with Crippen LogP contribution in [0.25, 0.3) is 0 Å². The molecule has 3 amide bonds. The molecule has 0 saturated carbocycles. The number of nitrogens with one attached hydrogen (secondary N) is 2. The van der Waals surface area contributed by atoms with Gasteiger partial charge in [0.25, 0.3) is 0 Å². The van der Waals surface area contributed by atoms with Gasteiger partial charge in [-0.25, -0.2) is 4.79 Å². The Bertz CT molecular complexity index is 736. The highest BCUT2D eigenvalue weighted by atomic mass is 35.5. The van der Waals surface area contributed by atoms with Gasteiger partial charge in [0.1, 0.15) is 0 Å². The first kappa shape index (κ1) is 17.8. The third-order valence-electron chi connectivity index (χ3n) is 3.07. The first-order valence-corrected chi connectivity index (χ1v) is 7.14. The Balaban J connectivity index is 2.24. The van der Waals surface area contributed by atoms with E-state index >= 15 is 0 Å². The minimum atomic E-state index is -5.14. The Labute approximate surface area is 140 Å². The van der Waals surface area contributed by atoms with Crippen molar-refractivity contribution in [1.82, 2.24) is 10.6 Å². The molecule has 2 N–H and O–H groups in total. The largest absolute Gasteiger partial charge is 0.471 e. The van der Waals surface area contributed by atoms with Crippen LogP contribution in [0.3, 0.4) is 0 Å². The zero-order valence-corrected chi connectivity index (χ0v) is 12.9. The van der Waals surface area contributed by atoms with Gasteiger partial charge in [-0.2, -0.15) is 13.2 Å². The predicted octanol–water partition coefficient (Wildman–Crippen LogP) is 3.82. The monoisotopic (exact) mass is 356 g/mol. The summed E-state index contributed by atoms with van der Waals surface area (Å²) in [6, 6.07) is 13.0. The quantitative estimate of drug-likeness (QED) is 0.878. The molecule has 8 heteroatoms. The van der Waals surface area contributed by atoms with Crippen molar-refractivity contribution in [1.29, 1.82) is 0 Å². The first-order chi connectivity index (χ1) is 11.3. The molecule has 0 spiro atoms. The van der Waals surface area contributed by atoms with E-state index in [9.17, 15) is 22.8 Å². The normalized spacial score (nSPS) is 12.3. The summed E-state index contributed by atoms with van der Waals surface area (Å²) in [6.07, 6.45) is -5.14. The predicted molar refractivity (Wildman–Crippen MR) is 82.5 cm³/mol. The van der Waals surface area contributed by atoms with Crippen LogP contribution < -0.4 is 10.6 Å². The Morgan fingerprint density at radius 2 is 1.58 bits per heavy atom. The Kier molecular flexibility index (Phi) is 5.46. The van der Waals surface area contributed by atoms with Gasteiger partial charge in [-0.3, -0.25) is 10.1 Å². The molecule has 24 heavy (non-hydrogen) atoms. The molecule has 0 radical (unpaired) electrons. The summed E-state index contributed by atoms with van der Waals surface area (Å²) < 4.78 is 36.7. The van der Waals surface area contributed by atoms with Crippen molar-refractivity contribution >= 4 is 23.5 Å². The number of halogens is 4. The maximum absolute atomic E-state index is 12.2. The molecule has 4 nitrogen and oxygen atoms in total. The van der Waals surface area contributed by atoms with Gasteiger partial charge >= 0.3 is 18.1 Å². The lowest BCUT2D eigenvalue weighted by Crippen LogP contribution is -2.46. The van der Waals surface area contributed by atoms with Gasteiger partial charge in [0.05, 0.1) is 6.04 Å². The van der Waals surface area contributed by atoms with Gasteiger partial charge in [-0.15, -0.1) is 0 Å². The van der Waals surface area contributed by atoms with Crippen LogP contribution >= 0.6 is 11.6 Å². The van der Waals surface area contributed by atoms with Crippen molar-refractivity contribution in [3.05, 3.63) is 70.7 Å². The summed E-state index contributed by atoms with van der Waals surface area (Å²) in [5, 5.41) is 4.01. The smallest absolute Gasteiger partial charge is 0.327 e. The minimum Gasteiger partial charge on any atom is -0.327 e. The fourth-order valence-corrected chi connectivity index (χ4v) is 2.23. The van der Waals surface area contributed by atoms with E-state index in [0.29, 0.717) is 16.1 Å². The van der Waals surface area contributed by atoms with Gasteiger partial charge in [-0.1, -0.05) is 54.1 Å². The van der Waals surface area contributed by atoms with Crippen molar-refractivity contribution < 1.29 is 22.8 Å². The van der Waals surface area contributed by atoms with E-state index in [0.717, 1.165) is 0 Å². The molecular weight excluding hydrogens is 345 g/mol. The Hall–Kier alpha value is -2.54. The number of hydrogen-bond donors (Lipinski definition) is 2. The van der Waals surface area contributed by atoms with Crippen molar-refractivity contribution in [3.63, 3.8) is 0 Å². The third kappa shape index (κ3) is 4.73. The van der Waals surface area contributed by atoms with Crippen LogP contribution in [0.4, 0.5) is 18.0 Å². The number of hydrogen-bond acceptors (Lipinski definition) is 2. The third-order valence-corrected chi connectivity index (χ3v) is 3.31. The fraction of sp³-hybridized carbons (Fsp3) is 0.125. The van der Waals surface area contributed by atoms with Gasteiger partial charge in [0.15, 0.2) is 0 Å². The molecule has 0 heterocycles. The summed E-state index contributed by atoms with van der Waals surface area (Å²) in [7, 11) is 0. The summed E-state index contributed by atoms with van der Waals surface area (Å²) in [5.74, 6) is -2.34. The molecule has 0 aromatic heterocycles. The summed E-state index contributed by atoms with van der Waals surface area (Å²) >= 11 is 5.93. The average molecular weight is 357 g/mol. The molecule has 2 rings (SSSR count). The van der Waals surface area contributed by atoms with Crippen LogP contribution in [0.15, 0.2) is 54.6 Å². The van der Waals surface area contributed by atoms with Gasteiger partial charge in [0.2, 0.25) is 0 Å². The number of imide groups is 1. The van der Waals surface area contributed by atoms with Crippen molar-refractivity contribution in [2.75, 3.05) is 0 Å². The second kappa shape index (κ2) is 7.35. The van der Waals surface area contributed by atoms with E-state index in [1.807, 2.05) is 0 Å². The topological polar surface area (TPSA) is 58.2 Å². The van der Waals surface area contributed by atoms with E-state index < -0.39 is 24.2 Å². The van der Waals surface area contributed by atoms with Gasteiger partial charge in [-0.05, 0) is 23.3 Å². The summed E-state index contributed by atoms with van der Waals surface area (Å²) in [4.78, 5) is 22.6. The second-order valence-electron chi connectivity index (χ2n) is 4.82. The molecule has 2 aromatic carbocycles. The zero-order valence-electron chi connectivity index (χ0n) is 12.1. The molecule has 2 aromatic rings. The van der Waals surface area contributed by atoms with Crippen LogP contribution in [0.2, 0.25) is 5.02 Å². The van der Waals surface area contributed by atoms with E-state index in [1.54, 1.807) is 54.6 Å². The zero-order chi connectivity index (χ0) is 17.7. The van der Waals surface area contributed by atoms with Crippen LogP contribution in [0, 0.1) is 0 Å². The molecule has 0 aliphatic rings. The van der Waals surface area contributed by atoms with Crippen LogP contribution in [0.5, 0.6) is 0 Å². The van der Waals surface area contributed by atoms with E-state index in [1.165, 1.54) is 5.32 Å². The number of carbonyl (C=O) groups excluding carboxylic acids is 2. The van der Waals surface area contributed by atoms with Crippen molar-refractivity contribution in [2.45, 2.75) is 12.2 Å². The number of amides is 3. The molecule has 0 fully saturated rings. The van der Waals surface area contributed by atoms with Crippen LogP contribution in [-0.2, 0) is 4.79 Å². The number of carbonyl (C=O) groups is 2. The van der Waals surface area contributed by atoms with Gasteiger partial charge in [0, 0.05) is 5.02 Å². The highest BCUT2D eigenvalue weighted by molar-refractivity contribution is 6.30. The average Bonchev–Trinajstić information content (AvgIpc) is 2.52. The number of alkyl halides is 3. The summed E-state index contributed by atoms with van der Waals surface area (Å²) in [5.41, 5.74) is 1.18. The minimum absolute atomic E-state index is 0.405. The second-order valence-corrected chi connectivity index (χ2v) is 5.26. The molecule has 0 aliphatic carbocycles. The van der Waals surface area contributed by atoms with E-state index in [-0.39, 0.29) is 0 Å². The number of rotatable bonds is 3. The maximum atomic E-state index is 12.2. The van der Waals surface area contributed by atoms with Crippen LogP contribution in [0.1, 0.15) is 17.2 Å². The van der Waals surface area contributed by atoms with Crippen LogP contribution in [-0.4, -0.2) is 18.1 Å². The lowest BCUT2D eigenvalue weighted by Gasteiger charge is -2.20. The first-order valence-electron chi connectivity index (χ1n) is 6.76. The highest BCUT2D eigenvalue weighted by Gasteiger charge is 2.40. The van der Waals surface area contributed by atoms with Crippen molar-refractivity contribution in [2.24, 2.45) is 0 Å². The Morgan fingerprint density at radius 3 is 2.17 bits per heavy atom. The molecule has 0 aliphatic heterocycles. The standard InChI is InChI=1S/C16H12ClF3N2O2/c17-12-8-4-7-11(9-12)13(10-5-2-1-3-6-10)21-15(24)22-14(23)16(18,19)20/h1-9,13H,(H2,21,22,23,24). The highest BCUT2D eigenvalue weighted by Crippen LogP contribution is 2.24. The SMILES string of the molecule is O=C(NC(=O)C(F)(F)F)NC(c1ccccc1)c1cccc(Cl)c1. The van der Waals surface area contributed by atoms with E-state index in [4.69, 9.17) is 11.6 Å². The van der Waals surface area contributed by atoms with Gasteiger partial charge < -0.3 is 5.32 Å². The molecule has 126 valence electrons. The van der Waals surface area contributed by atoms with Crippen molar-refractivity contribution in [3.8, 4) is 0 Å². The lowest BCUT2D eigenvalue weighted by molar-refractivity contribution is -0.172. The number of urea groups is 1. The lowest BCUT2D eigenvalue weighted by atomic mass is 9.99. The molecule has 0 bridgehead atoms. The molecular formula is C16H12ClF3N2O2. The molecule has 1 unspecified atom stereocenters. The Morgan fingerprint density at radius 1 is 0.958 bits per heavy atom. The summed E-state index contributed by atoms with van der Waals surface area (Å²) in [6.45, 7) is 0. The fourth-order valence-electron chi connectivity index (χ4n) is 2.03. The molecule has 0 saturated heterocycles. The molecule has 1 atom stereocenters. The number of benzene rings is 2. The van der Waals surface area contributed by atoms with E-state index in [2.05, 4.69) is 5.32 Å². The maximum Gasteiger partial charge on any atom is 0.471 e.